The standard InChI is InChI=1S/C13H7BrCl2FN3/c14-7-4-10-12(5-9(7)17)20(13(18)19-10)11-3-6(15)1-2-8(11)16/h1-5H,(H2,18,19). The maximum Gasteiger partial charge on any atom is 0.205 e. The van der Waals surface area contributed by atoms with Crippen molar-refractivity contribution in [3.8, 4) is 5.69 Å². The molecule has 0 aliphatic carbocycles. The molecule has 0 amide bonds. The Labute approximate surface area is 132 Å². The summed E-state index contributed by atoms with van der Waals surface area (Å²) in [7, 11) is 0. The van der Waals surface area contributed by atoms with Gasteiger partial charge in [0.1, 0.15) is 5.82 Å². The Kier molecular flexibility index (Phi) is 3.36. The molecule has 0 aliphatic rings. The van der Waals surface area contributed by atoms with Crippen molar-refractivity contribution in [2.24, 2.45) is 0 Å². The molecule has 0 bridgehead atoms. The summed E-state index contributed by atoms with van der Waals surface area (Å²) in [5.74, 6) is -0.196. The zero-order valence-corrected chi connectivity index (χ0v) is 13.0. The van der Waals surface area contributed by atoms with Gasteiger partial charge in [-0.05, 0) is 40.2 Å². The van der Waals surface area contributed by atoms with Crippen LogP contribution in [0.5, 0.6) is 0 Å². The minimum atomic E-state index is -0.406. The van der Waals surface area contributed by atoms with E-state index in [1.54, 1.807) is 28.8 Å². The molecule has 3 aromatic rings. The molecular weight excluding hydrogens is 368 g/mol. The van der Waals surface area contributed by atoms with Crippen molar-refractivity contribution < 1.29 is 4.39 Å². The second-order valence-electron chi connectivity index (χ2n) is 4.16. The Morgan fingerprint density at radius 2 is 1.95 bits per heavy atom. The van der Waals surface area contributed by atoms with E-state index in [2.05, 4.69) is 20.9 Å². The molecule has 3 rings (SSSR count). The third kappa shape index (κ3) is 2.16. The van der Waals surface area contributed by atoms with Gasteiger partial charge in [-0.15, -0.1) is 0 Å². The fourth-order valence-corrected chi connectivity index (χ4v) is 2.70. The summed E-state index contributed by atoms with van der Waals surface area (Å²) >= 11 is 15.3. The molecule has 0 saturated carbocycles. The zero-order valence-electron chi connectivity index (χ0n) is 9.87. The molecule has 0 unspecified atom stereocenters. The highest BCUT2D eigenvalue weighted by Crippen LogP contribution is 2.32. The van der Waals surface area contributed by atoms with Crippen LogP contribution in [0.25, 0.3) is 16.7 Å². The molecule has 7 heteroatoms. The van der Waals surface area contributed by atoms with Crippen LogP contribution in [0.1, 0.15) is 0 Å². The Morgan fingerprint density at radius 3 is 2.70 bits per heavy atom. The normalized spacial score (nSPS) is 11.2. The number of imidazole rings is 1. The van der Waals surface area contributed by atoms with E-state index in [4.69, 9.17) is 28.9 Å². The third-order valence-corrected chi connectivity index (χ3v) is 4.03. The van der Waals surface area contributed by atoms with E-state index >= 15 is 0 Å². The molecule has 2 N–H and O–H groups in total. The molecule has 102 valence electrons. The predicted octanol–water partition coefficient (Wildman–Crippen LogP) is 4.82. The van der Waals surface area contributed by atoms with Gasteiger partial charge < -0.3 is 5.73 Å². The van der Waals surface area contributed by atoms with E-state index in [1.165, 1.54) is 6.07 Å². The Bertz CT molecular complexity index is 832. The van der Waals surface area contributed by atoms with E-state index in [1.807, 2.05) is 0 Å². The molecule has 1 aromatic heterocycles. The summed E-state index contributed by atoms with van der Waals surface area (Å²) < 4.78 is 15.6. The zero-order chi connectivity index (χ0) is 14.4. The molecule has 0 saturated heterocycles. The van der Waals surface area contributed by atoms with Gasteiger partial charge in [0.05, 0.1) is 26.2 Å². The van der Waals surface area contributed by atoms with Crippen molar-refractivity contribution in [1.29, 1.82) is 0 Å². The molecule has 3 nitrogen and oxygen atoms in total. The summed E-state index contributed by atoms with van der Waals surface area (Å²) in [5.41, 5.74) is 7.56. The number of halogens is 4. The van der Waals surface area contributed by atoms with Crippen LogP contribution in [0.3, 0.4) is 0 Å². The molecular formula is C13H7BrCl2FN3. The molecule has 20 heavy (non-hydrogen) atoms. The highest BCUT2D eigenvalue weighted by molar-refractivity contribution is 9.10. The van der Waals surface area contributed by atoms with E-state index in [0.717, 1.165) is 0 Å². The lowest BCUT2D eigenvalue weighted by Gasteiger charge is -2.09. The smallest absolute Gasteiger partial charge is 0.205 e. The number of nitrogens with zero attached hydrogens (tertiary/aromatic N) is 2. The SMILES string of the molecule is Nc1nc2cc(Br)c(F)cc2n1-c1cc(Cl)ccc1Cl. The fourth-order valence-electron chi connectivity index (χ4n) is 2.00. The summed E-state index contributed by atoms with van der Waals surface area (Å²) in [4.78, 5) is 4.20. The van der Waals surface area contributed by atoms with Gasteiger partial charge in [-0.25, -0.2) is 9.37 Å². The first-order chi connectivity index (χ1) is 9.47. The number of nitrogens with two attached hydrogens (primary N) is 1. The predicted molar refractivity (Wildman–Crippen MR) is 83.2 cm³/mol. The average molecular weight is 375 g/mol. The quantitative estimate of drug-likeness (QED) is 0.663. The van der Waals surface area contributed by atoms with Crippen LogP contribution in [-0.2, 0) is 0 Å². The van der Waals surface area contributed by atoms with Gasteiger partial charge in [-0.3, -0.25) is 4.57 Å². The van der Waals surface area contributed by atoms with Gasteiger partial charge >= 0.3 is 0 Å². The van der Waals surface area contributed by atoms with Crippen molar-refractivity contribution in [3.63, 3.8) is 0 Å². The Hall–Kier alpha value is -1.30. The van der Waals surface area contributed by atoms with Crippen LogP contribution in [0.4, 0.5) is 10.3 Å². The first-order valence-electron chi connectivity index (χ1n) is 5.56. The van der Waals surface area contributed by atoms with E-state index in [9.17, 15) is 4.39 Å². The van der Waals surface area contributed by atoms with Crippen molar-refractivity contribution in [2.75, 3.05) is 5.73 Å². The number of fused-ring (bicyclic) bond motifs is 1. The van der Waals surface area contributed by atoms with Crippen LogP contribution < -0.4 is 5.73 Å². The van der Waals surface area contributed by atoms with Crippen LogP contribution in [0.2, 0.25) is 10.0 Å². The van der Waals surface area contributed by atoms with Gasteiger partial charge in [0.25, 0.3) is 0 Å². The lowest BCUT2D eigenvalue weighted by Crippen LogP contribution is -2.01. The molecule has 0 radical (unpaired) electrons. The second-order valence-corrected chi connectivity index (χ2v) is 5.85. The van der Waals surface area contributed by atoms with E-state index in [-0.39, 0.29) is 5.95 Å². The number of nitrogen functional groups attached to an aromatic ring is 1. The number of rotatable bonds is 1. The van der Waals surface area contributed by atoms with Gasteiger partial charge in [0.2, 0.25) is 5.95 Å². The number of hydrogen-bond donors (Lipinski definition) is 1. The minimum absolute atomic E-state index is 0.210. The lowest BCUT2D eigenvalue weighted by molar-refractivity contribution is 0.622. The largest absolute Gasteiger partial charge is 0.369 e. The molecule has 0 atom stereocenters. The Balaban J connectivity index is 2.38. The lowest BCUT2D eigenvalue weighted by atomic mass is 10.2. The molecule has 1 heterocycles. The van der Waals surface area contributed by atoms with Gasteiger partial charge in [-0.2, -0.15) is 0 Å². The van der Waals surface area contributed by atoms with Crippen LogP contribution >= 0.6 is 39.1 Å². The fraction of sp³-hybridized carbons (Fsp3) is 0. The topological polar surface area (TPSA) is 43.8 Å². The van der Waals surface area contributed by atoms with Gasteiger partial charge in [0.15, 0.2) is 0 Å². The number of hydrogen-bond acceptors (Lipinski definition) is 2. The van der Waals surface area contributed by atoms with Crippen LogP contribution in [0.15, 0.2) is 34.8 Å². The van der Waals surface area contributed by atoms with Crippen molar-refractivity contribution in [2.45, 2.75) is 0 Å². The van der Waals surface area contributed by atoms with Crippen molar-refractivity contribution in [3.05, 3.63) is 50.7 Å². The summed E-state index contributed by atoms with van der Waals surface area (Å²) in [6.07, 6.45) is 0. The maximum atomic E-state index is 13.7. The molecule has 0 aliphatic heterocycles. The maximum absolute atomic E-state index is 13.7. The van der Waals surface area contributed by atoms with E-state index < -0.39 is 5.82 Å². The van der Waals surface area contributed by atoms with E-state index in [0.29, 0.717) is 31.2 Å². The summed E-state index contributed by atoms with van der Waals surface area (Å²) in [6, 6.07) is 7.89. The highest BCUT2D eigenvalue weighted by Gasteiger charge is 2.15. The monoisotopic (exact) mass is 373 g/mol. The highest BCUT2D eigenvalue weighted by atomic mass is 79.9. The minimum Gasteiger partial charge on any atom is -0.369 e. The van der Waals surface area contributed by atoms with Crippen LogP contribution in [-0.4, -0.2) is 9.55 Å². The second kappa shape index (κ2) is 4.91. The number of aromatic nitrogens is 2. The first-order valence-corrected chi connectivity index (χ1v) is 7.10. The third-order valence-electron chi connectivity index (χ3n) is 2.87. The molecule has 0 spiro atoms. The average Bonchev–Trinajstić information content (AvgIpc) is 2.69. The van der Waals surface area contributed by atoms with Gasteiger partial charge in [-0.1, -0.05) is 23.2 Å². The summed E-state index contributed by atoms with van der Waals surface area (Å²) in [5, 5.41) is 0.951. The van der Waals surface area contributed by atoms with Crippen LogP contribution in [0, 0.1) is 5.82 Å². The molecule has 0 fully saturated rings. The number of benzene rings is 2. The first kappa shape index (κ1) is 13.7. The Morgan fingerprint density at radius 1 is 1.20 bits per heavy atom. The van der Waals surface area contributed by atoms with Gasteiger partial charge in [0, 0.05) is 11.1 Å². The molecule has 2 aromatic carbocycles. The number of anilines is 1. The van der Waals surface area contributed by atoms with Crippen molar-refractivity contribution >= 4 is 56.1 Å². The van der Waals surface area contributed by atoms with Crippen molar-refractivity contribution in [1.82, 2.24) is 9.55 Å². The summed E-state index contributed by atoms with van der Waals surface area (Å²) in [6.45, 7) is 0.